The first-order valence-electron chi connectivity index (χ1n) is 7.20. The fourth-order valence-electron chi connectivity index (χ4n) is 2.74. The number of hydrogen-bond acceptors (Lipinski definition) is 3. The maximum atomic E-state index is 12.5. The molecule has 0 heterocycles. The second-order valence-electron chi connectivity index (χ2n) is 6.06. The molecule has 2 aliphatic carbocycles. The van der Waals surface area contributed by atoms with E-state index in [0.717, 1.165) is 5.56 Å². The van der Waals surface area contributed by atoms with Gasteiger partial charge in [0.05, 0.1) is 4.75 Å². The highest BCUT2D eigenvalue weighted by Crippen LogP contribution is 2.46. The molecule has 1 N–H and O–H groups in total. The first-order chi connectivity index (χ1) is 9.97. The van der Waals surface area contributed by atoms with Crippen LogP contribution in [0.25, 0.3) is 0 Å². The van der Waals surface area contributed by atoms with Gasteiger partial charge in [0.2, 0.25) is 15.9 Å². The van der Waals surface area contributed by atoms with Gasteiger partial charge in [-0.2, -0.15) is 0 Å². The summed E-state index contributed by atoms with van der Waals surface area (Å²) in [5, 5.41) is 0. The van der Waals surface area contributed by atoms with Crippen molar-refractivity contribution in [1.82, 2.24) is 4.72 Å². The van der Waals surface area contributed by atoms with E-state index >= 15 is 0 Å². The Hall–Kier alpha value is -1.62. The van der Waals surface area contributed by atoms with E-state index in [-0.39, 0.29) is 17.7 Å². The summed E-state index contributed by atoms with van der Waals surface area (Å²) in [5.41, 5.74) is 0.989. The molecule has 0 saturated heterocycles. The first kappa shape index (κ1) is 14.3. The van der Waals surface area contributed by atoms with Crippen molar-refractivity contribution in [2.24, 2.45) is 11.8 Å². The minimum Gasteiger partial charge on any atom is -0.274 e. The molecule has 1 aromatic carbocycles. The third-order valence-electron chi connectivity index (χ3n) is 4.46. The summed E-state index contributed by atoms with van der Waals surface area (Å²) in [6.45, 7) is 3.64. The molecule has 0 spiro atoms. The van der Waals surface area contributed by atoms with Crippen LogP contribution in [0.1, 0.15) is 24.8 Å². The average Bonchev–Trinajstić information content (AvgIpc) is 3.34. The van der Waals surface area contributed by atoms with Crippen LogP contribution >= 0.6 is 0 Å². The van der Waals surface area contributed by atoms with Crippen LogP contribution in [-0.2, 0) is 21.2 Å². The molecule has 4 nitrogen and oxygen atoms in total. The van der Waals surface area contributed by atoms with Gasteiger partial charge in [-0.25, -0.2) is 8.42 Å². The molecule has 1 amide bonds. The SMILES string of the molecule is C=C[C@@H]1C[C@@H]1C(=O)NS(=O)(=O)C1(Cc2ccccc2)CC1. The smallest absolute Gasteiger partial charge is 0.240 e. The van der Waals surface area contributed by atoms with Gasteiger partial charge in [0, 0.05) is 5.92 Å². The minimum absolute atomic E-state index is 0.129. The molecule has 2 saturated carbocycles. The number of sulfonamides is 1. The highest BCUT2D eigenvalue weighted by atomic mass is 32.2. The van der Waals surface area contributed by atoms with Gasteiger partial charge < -0.3 is 0 Å². The zero-order valence-electron chi connectivity index (χ0n) is 11.8. The van der Waals surface area contributed by atoms with Crippen LogP contribution < -0.4 is 4.72 Å². The molecule has 3 rings (SSSR count). The van der Waals surface area contributed by atoms with Crippen LogP contribution in [-0.4, -0.2) is 19.1 Å². The Morgan fingerprint density at radius 2 is 2.00 bits per heavy atom. The highest BCUT2D eigenvalue weighted by Gasteiger charge is 2.56. The number of nitrogens with one attached hydrogen (secondary N) is 1. The quantitative estimate of drug-likeness (QED) is 0.818. The van der Waals surface area contributed by atoms with Crippen molar-refractivity contribution in [2.75, 3.05) is 0 Å². The van der Waals surface area contributed by atoms with Crippen molar-refractivity contribution in [3.63, 3.8) is 0 Å². The summed E-state index contributed by atoms with van der Waals surface area (Å²) in [5.74, 6) is -0.464. The molecular formula is C16H19NO3S. The summed E-state index contributed by atoms with van der Waals surface area (Å²) in [7, 11) is -3.62. The van der Waals surface area contributed by atoms with Crippen LogP contribution in [0.4, 0.5) is 0 Å². The molecule has 2 aliphatic rings. The lowest BCUT2D eigenvalue weighted by Gasteiger charge is -2.17. The van der Waals surface area contributed by atoms with E-state index in [1.807, 2.05) is 30.3 Å². The van der Waals surface area contributed by atoms with Crippen molar-refractivity contribution in [1.29, 1.82) is 0 Å². The number of carbonyl (C=O) groups excluding carboxylic acids is 1. The topological polar surface area (TPSA) is 63.2 Å². The van der Waals surface area contributed by atoms with Gasteiger partial charge >= 0.3 is 0 Å². The number of carbonyl (C=O) groups is 1. The van der Waals surface area contributed by atoms with Crippen LogP contribution in [0.15, 0.2) is 43.0 Å². The summed E-state index contributed by atoms with van der Waals surface area (Å²) >= 11 is 0. The summed E-state index contributed by atoms with van der Waals surface area (Å²) in [4.78, 5) is 12.0. The van der Waals surface area contributed by atoms with Gasteiger partial charge in [-0.05, 0) is 37.2 Å². The predicted octanol–water partition coefficient (Wildman–Crippen LogP) is 2.03. The first-order valence-corrected chi connectivity index (χ1v) is 8.68. The van der Waals surface area contributed by atoms with Crippen molar-refractivity contribution >= 4 is 15.9 Å². The van der Waals surface area contributed by atoms with Crippen LogP contribution in [0.5, 0.6) is 0 Å². The Balaban J connectivity index is 1.70. The largest absolute Gasteiger partial charge is 0.274 e. The highest BCUT2D eigenvalue weighted by molar-refractivity contribution is 7.91. The van der Waals surface area contributed by atoms with E-state index in [1.54, 1.807) is 6.08 Å². The predicted molar refractivity (Wildman–Crippen MR) is 81.0 cm³/mol. The number of rotatable bonds is 6. The lowest BCUT2D eigenvalue weighted by molar-refractivity contribution is -0.120. The Morgan fingerprint density at radius 1 is 1.33 bits per heavy atom. The van der Waals surface area contributed by atoms with E-state index in [1.165, 1.54) is 0 Å². The molecule has 0 aliphatic heterocycles. The van der Waals surface area contributed by atoms with E-state index < -0.39 is 14.8 Å². The number of benzene rings is 1. The Morgan fingerprint density at radius 3 is 2.52 bits per heavy atom. The van der Waals surface area contributed by atoms with Gasteiger partial charge in [-0.3, -0.25) is 9.52 Å². The number of hydrogen-bond donors (Lipinski definition) is 1. The van der Waals surface area contributed by atoms with Crippen LogP contribution in [0.2, 0.25) is 0 Å². The van der Waals surface area contributed by atoms with Gasteiger partial charge in [-0.1, -0.05) is 36.4 Å². The molecule has 21 heavy (non-hydrogen) atoms. The van der Waals surface area contributed by atoms with Gasteiger partial charge in [-0.15, -0.1) is 6.58 Å². The zero-order chi connectivity index (χ0) is 15.1. The number of amides is 1. The molecule has 0 aromatic heterocycles. The average molecular weight is 305 g/mol. The molecule has 5 heteroatoms. The maximum Gasteiger partial charge on any atom is 0.240 e. The molecule has 0 radical (unpaired) electrons. The van der Waals surface area contributed by atoms with Gasteiger partial charge in [0.15, 0.2) is 0 Å². The molecule has 1 aromatic rings. The second kappa shape index (κ2) is 4.98. The lowest BCUT2D eigenvalue weighted by atomic mass is 10.1. The Labute approximate surface area is 125 Å². The van der Waals surface area contributed by atoms with Crippen molar-refractivity contribution in [3.8, 4) is 0 Å². The molecule has 0 bridgehead atoms. The van der Waals surface area contributed by atoms with E-state index in [4.69, 9.17) is 0 Å². The lowest BCUT2D eigenvalue weighted by Crippen LogP contribution is -2.41. The van der Waals surface area contributed by atoms with Crippen LogP contribution in [0.3, 0.4) is 0 Å². The Bertz CT molecular complexity index is 662. The Kier molecular flexibility index (Phi) is 3.40. The summed E-state index contributed by atoms with van der Waals surface area (Å²) < 4.78 is 26.5. The molecule has 2 atom stereocenters. The van der Waals surface area contributed by atoms with Crippen LogP contribution in [0, 0.1) is 11.8 Å². The van der Waals surface area contributed by atoms with Crippen molar-refractivity contribution < 1.29 is 13.2 Å². The number of allylic oxidation sites excluding steroid dienone is 1. The maximum absolute atomic E-state index is 12.5. The van der Waals surface area contributed by atoms with E-state index in [2.05, 4.69) is 11.3 Å². The van der Waals surface area contributed by atoms with E-state index in [0.29, 0.717) is 25.7 Å². The monoisotopic (exact) mass is 305 g/mol. The van der Waals surface area contributed by atoms with Crippen molar-refractivity contribution in [3.05, 3.63) is 48.6 Å². The zero-order valence-corrected chi connectivity index (χ0v) is 12.6. The fraction of sp³-hybridized carbons (Fsp3) is 0.438. The summed E-state index contributed by atoms with van der Waals surface area (Å²) in [6, 6.07) is 9.55. The van der Waals surface area contributed by atoms with Crippen molar-refractivity contribution in [2.45, 2.75) is 30.4 Å². The second-order valence-corrected chi connectivity index (χ2v) is 8.13. The minimum atomic E-state index is -3.62. The van der Waals surface area contributed by atoms with Gasteiger partial charge in [0.1, 0.15) is 0 Å². The third-order valence-corrected chi connectivity index (χ3v) is 6.62. The molecule has 0 unspecified atom stereocenters. The third kappa shape index (κ3) is 2.75. The molecule has 112 valence electrons. The van der Waals surface area contributed by atoms with Gasteiger partial charge in [0.25, 0.3) is 0 Å². The normalized spacial score (nSPS) is 25.9. The molecular weight excluding hydrogens is 286 g/mol. The summed E-state index contributed by atoms with van der Waals surface area (Å²) in [6.07, 6.45) is 4.11. The van der Waals surface area contributed by atoms with E-state index in [9.17, 15) is 13.2 Å². The fourth-order valence-corrected chi connectivity index (χ4v) is 4.37. The standard InChI is InChI=1S/C16H19NO3S/c1-2-13-10-14(13)15(18)17-21(19,20)16(8-9-16)11-12-6-4-3-5-7-12/h2-7,13-14H,1,8-11H2,(H,17,18)/t13-,14+/m1/s1. The molecule has 2 fully saturated rings.